The molecule has 31 heavy (non-hydrogen) atoms. The Bertz CT molecular complexity index is 321. The van der Waals surface area contributed by atoms with Crippen molar-refractivity contribution in [1.82, 2.24) is 0 Å². The molecule has 1 N–H and O–H groups in total. The monoisotopic (exact) mass is 454 g/mol. The van der Waals surface area contributed by atoms with Gasteiger partial charge in [-0.3, -0.25) is 0 Å². The van der Waals surface area contributed by atoms with Gasteiger partial charge >= 0.3 is 0 Å². The summed E-state index contributed by atoms with van der Waals surface area (Å²) in [5.74, 6) is 0.725. The van der Waals surface area contributed by atoms with Gasteiger partial charge in [0.15, 0.2) is 0 Å². The Morgan fingerprint density at radius 3 is 0.968 bits per heavy atom. The van der Waals surface area contributed by atoms with Gasteiger partial charge in [0.1, 0.15) is 0 Å². The topological polar surface area (TPSA) is 94.1 Å². The van der Waals surface area contributed by atoms with Gasteiger partial charge in [-0.15, -0.1) is 0 Å². The van der Waals surface area contributed by atoms with E-state index in [2.05, 4.69) is 13.8 Å². The van der Waals surface area contributed by atoms with Gasteiger partial charge in [0, 0.05) is 6.61 Å². The minimum atomic E-state index is 0.0346. The highest BCUT2D eigenvalue weighted by Gasteiger charge is 1.98. The molecule has 0 spiro atoms. The van der Waals surface area contributed by atoms with E-state index in [4.69, 9.17) is 43.0 Å². The van der Waals surface area contributed by atoms with Crippen molar-refractivity contribution in [3.8, 4) is 0 Å². The Balaban J connectivity index is 3.01. The van der Waals surface area contributed by atoms with E-state index in [1.807, 2.05) is 0 Å². The van der Waals surface area contributed by atoms with E-state index in [0.717, 1.165) is 18.9 Å². The summed E-state index contributed by atoms with van der Waals surface area (Å²) in [5.41, 5.74) is 0. The summed E-state index contributed by atoms with van der Waals surface area (Å²) in [4.78, 5) is 0. The van der Waals surface area contributed by atoms with E-state index >= 15 is 0 Å². The summed E-state index contributed by atoms with van der Waals surface area (Å²) in [6.07, 6.45) is 2.31. The van der Waals surface area contributed by atoms with Crippen LogP contribution in [-0.4, -0.2) is 117 Å². The smallest absolute Gasteiger partial charge is 0.0701 e. The molecule has 0 aliphatic rings. The van der Waals surface area contributed by atoms with Crippen molar-refractivity contribution in [3.63, 3.8) is 0 Å². The van der Waals surface area contributed by atoms with Crippen LogP contribution in [0.5, 0.6) is 0 Å². The average molecular weight is 455 g/mol. The van der Waals surface area contributed by atoms with E-state index in [9.17, 15) is 0 Å². The lowest BCUT2D eigenvalue weighted by Crippen LogP contribution is -2.15. The van der Waals surface area contributed by atoms with Crippen molar-refractivity contribution >= 4 is 0 Å². The normalized spacial score (nSPS) is 12.5. The molecule has 188 valence electrons. The van der Waals surface area contributed by atoms with Gasteiger partial charge in [0.2, 0.25) is 0 Å². The summed E-state index contributed by atoms with van der Waals surface area (Å²) < 4.78 is 43.0. The number of ether oxygens (including phenoxy) is 8. The standard InChI is InChI=1S/C22H46O9/c1-3-22(2)4-6-24-8-10-26-12-14-28-16-18-30-20-21-31-19-17-29-15-13-27-11-9-25-7-5-23/h22-23H,3-21H2,1-2H3. The molecule has 0 aromatic rings. The fraction of sp³-hybridized carbons (Fsp3) is 1.00. The maximum absolute atomic E-state index is 8.54. The fourth-order valence-corrected chi connectivity index (χ4v) is 2.19. The van der Waals surface area contributed by atoms with Crippen LogP contribution in [0.15, 0.2) is 0 Å². The molecule has 0 aromatic heterocycles. The molecule has 0 aliphatic carbocycles. The van der Waals surface area contributed by atoms with Gasteiger partial charge in [0.25, 0.3) is 0 Å². The summed E-state index contributed by atoms with van der Waals surface area (Å²) in [5, 5.41) is 8.54. The maximum Gasteiger partial charge on any atom is 0.0701 e. The fourth-order valence-electron chi connectivity index (χ4n) is 2.19. The van der Waals surface area contributed by atoms with E-state index in [1.165, 1.54) is 6.42 Å². The van der Waals surface area contributed by atoms with Gasteiger partial charge in [-0.2, -0.15) is 0 Å². The van der Waals surface area contributed by atoms with E-state index < -0.39 is 0 Å². The zero-order valence-corrected chi connectivity index (χ0v) is 19.7. The Morgan fingerprint density at radius 1 is 0.452 bits per heavy atom. The van der Waals surface area contributed by atoms with Crippen molar-refractivity contribution in [1.29, 1.82) is 0 Å². The number of hydrogen-bond acceptors (Lipinski definition) is 9. The second-order valence-electron chi connectivity index (χ2n) is 6.92. The van der Waals surface area contributed by atoms with Gasteiger partial charge in [0.05, 0.1) is 106 Å². The lowest BCUT2D eigenvalue weighted by Gasteiger charge is -2.09. The zero-order chi connectivity index (χ0) is 22.7. The Morgan fingerprint density at radius 2 is 0.710 bits per heavy atom. The van der Waals surface area contributed by atoms with Crippen LogP contribution in [0.2, 0.25) is 0 Å². The second kappa shape index (κ2) is 27.7. The van der Waals surface area contributed by atoms with Crippen LogP contribution in [-0.2, 0) is 37.9 Å². The molecule has 1 unspecified atom stereocenters. The van der Waals surface area contributed by atoms with Crippen molar-refractivity contribution in [2.75, 3.05) is 112 Å². The predicted octanol–water partition coefficient (Wildman–Crippen LogP) is 1.55. The highest BCUT2D eigenvalue weighted by atomic mass is 16.6. The van der Waals surface area contributed by atoms with Crippen molar-refractivity contribution in [3.05, 3.63) is 0 Å². The molecule has 0 aromatic carbocycles. The molecule has 0 amide bonds. The van der Waals surface area contributed by atoms with Crippen molar-refractivity contribution in [2.45, 2.75) is 26.7 Å². The minimum absolute atomic E-state index is 0.0346. The Labute approximate surface area is 188 Å². The van der Waals surface area contributed by atoms with Crippen LogP contribution in [0, 0.1) is 5.92 Å². The zero-order valence-electron chi connectivity index (χ0n) is 19.7. The van der Waals surface area contributed by atoms with Crippen molar-refractivity contribution < 1.29 is 43.0 Å². The number of hydrogen-bond donors (Lipinski definition) is 1. The van der Waals surface area contributed by atoms with Crippen LogP contribution in [0.4, 0.5) is 0 Å². The molecule has 0 radical (unpaired) electrons. The lowest BCUT2D eigenvalue weighted by molar-refractivity contribution is -0.0240. The summed E-state index contributed by atoms with van der Waals surface area (Å²) in [7, 11) is 0. The summed E-state index contributed by atoms with van der Waals surface area (Å²) >= 11 is 0. The molecule has 0 rings (SSSR count). The molecule has 0 bridgehead atoms. The third-order valence-corrected chi connectivity index (χ3v) is 4.29. The first-order valence-corrected chi connectivity index (χ1v) is 11.5. The van der Waals surface area contributed by atoms with E-state index in [-0.39, 0.29) is 6.61 Å². The molecule has 0 saturated heterocycles. The molecular formula is C22H46O9. The number of aliphatic hydroxyl groups is 1. The molecular weight excluding hydrogens is 408 g/mol. The molecule has 0 aliphatic heterocycles. The van der Waals surface area contributed by atoms with Crippen LogP contribution in [0.25, 0.3) is 0 Å². The molecule has 9 heteroatoms. The molecule has 0 fully saturated rings. The Kier molecular flexibility index (Phi) is 27.4. The predicted molar refractivity (Wildman–Crippen MR) is 118 cm³/mol. The van der Waals surface area contributed by atoms with Crippen molar-refractivity contribution in [2.24, 2.45) is 5.92 Å². The molecule has 9 nitrogen and oxygen atoms in total. The molecule has 1 atom stereocenters. The largest absolute Gasteiger partial charge is 0.394 e. The number of aliphatic hydroxyl groups excluding tert-OH is 1. The summed E-state index contributed by atoms with van der Waals surface area (Å²) in [6, 6.07) is 0. The highest BCUT2D eigenvalue weighted by Crippen LogP contribution is 2.05. The molecule has 0 saturated carbocycles. The van der Waals surface area contributed by atoms with Gasteiger partial charge in [-0.05, 0) is 12.3 Å². The van der Waals surface area contributed by atoms with Gasteiger partial charge < -0.3 is 43.0 Å². The van der Waals surface area contributed by atoms with Crippen LogP contribution >= 0.6 is 0 Å². The third kappa shape index (κ3) is 27.6. The molecule has 0 heterocycles. The average Bonchev–Trinajstić information content (AvgIpc) is 2.78. The first-order chi connectivity index (χ1) is 15.3. The third-order valence-electron chi connectivity index (χ3n) is 4.29. The highest BCUT2D eigenvalue weighted by molar-refractivity contribution is 4.48. The quantitative estimate of drug-likeness (QED) is 0.186. The minimum Gasteiger partial charge on any atom is -0.394 e. The Hall–Kier alpha value is -0.360. The number of rotatable bonds is 27. The van der Waals surface area contributed by atoms with Crippen LogP contribution in [0.3, 0.4) is 0 Å². The first-order valence-electron chi connectivity index (χ1n) is 11.5. The van der Waals surface area contributed by atoms with Gasteiger partial charge in [-0.1, -0.05) is 20.3 Å². The second-order valence-corrected chi connectivity index (χ2v) is 6.92. The van der Waals surface area contributed by atoms with Gasteiger partial charge in [-0.25, -0.2) is 0 Å². The van der Waals surface area contributed by atoms with E-state index in [1.54, 1.807) is 0 Å². The van der Waals surface area contributed by atoms with Crippen LogP contribution < -0.4 is 0 Å². The first kappa shape index (κ1) is 30.6. The maximum atomic E-state index is 8.54. The lowest BCUT2D eigenvalue weighted by atomic mass is 10.1. The summed E-state index contributed by atoms with van der Waals surface area (Å²) in [6.45, 7) is 13.2. The SMILES string of the molecule is CCC(C)CCOCCOCCOCCOCCOCCOCCOCCOCCO. The van der Waals surface area contributed by atoms with Crippen LogP contribution in [0.1, 0.15) is 26.7 Å². The van der Waals surface area contributed by atoms with E-state index in [0.29, 0.717) is 99.1 Å².